The van der Waals surface area contributed by atoms with Crippen LogP contribution in [0.1, 0.15) is 29.0 Å². The van der Waals surface area contributed by atoms with Crippen LogP contribution < -0.4 is 11.1 Å². The van der Waals surface area contributed by atoms with E-state index in [1.165, 1.54) is 6.26 Å². The molecule has 1 saturated carbocycles. The largest absolute Gasteiger partial charge is 0.469 e. The number of hydrogen-bond acceptors (Lipinski definition) is 4. The van der Waals surface area contributed by atoms with Gasteiger partial charge in [-0.25, -0.2) is 0 Å². The van der Waals surface area contributed by atoms with Gasteiger partial charge in [0, 0.05) is 0 Å². The Labute approximate surface area is 98.5 Å². The molecule has 92 valence electrons. The van der Waals surface area contributed by atoms with E-state index in [0.29, 0.717) is 11.3 Å². The molecule has 1 heterocycles. The first kappa shape index (κ1) is 11.5. The standard InChI is InChI=1S/C11H15N3O3/c1-6-4-8(5-17-6)11(15)13-9(7-2-3-7)10(12)14-16/h4-5,7,9,16H,2-3H2,1H3,(H2,12,14)(H,13,15). The Hall–Kier alpha value is -1.98. The van der Waals surface area contributed by atoms with E-state index in [1.807, 2.05) is 0 Å². The van der Waals surface area contributed by atoms with Crippen molar-refractivity contribution >= 4 is 11.7 Å². The molecule has 1 amide bonds. The number of rotatable bonds is 4. The average Bonchev–Trinajstić information content (AvgIpc) is 3.06. The zero-order valence-electron chi connectivity index (χ0n) is 9.51. The van der Waals surface area contributed by atoms with Crippen molar-refractivity contribution < 1.29 is 14.4 Å². The fraction of sp³-hybridized carbons (Fsp3) is 0.455. The highest BCUT2D eigenvalue weighted by molar-refractivity contribution is 5.98. The summed E-state index contributed by atoms with van der Waals surface area (Å²) < 4.78 is 5.06. The first-order valence-electron chi connectivity index (χ1n) is 5.45. The molecule has 0 radical (unpaired) electrons. The molecule has 4 N–H and O–H groups in total. The highest BCUT2D eigenvalue weighted by Crippen LogP contribution is 2.32. The van der Waals surface area contributed by atoms with Crippen LogP contribution in [0.25, 0.3) is 0 Å². The van der Waals surface area contributed by atoms with Crippen molar-refractivity contribution in [2.45, 2.75) is 25.8 Å². The van der Waals surface area contributed by atoms with Crippen molar-refractivity contribution in [1.29, 1.82) is 0 Å². The summed E-state index contributed by atoms with van der Waals surface area (Å²) in [6.07, 6.45) is 3.35. The van der Waals surface area contributed by atoms with Gasteiger partial charge in [0.15, 0.2) is 5.84 Å². The molecule has 6 nitrogen and oxygen atoms in total. The second-order valence-corrected chi connectivity index (χ2v) is 4.26. The van der Waals surface area contributed by atoms with Crippen LogP contribution in [0.4, 0.5) is 0 Å². The van der Waals surface area contributed by atoms with E-state index in [1.54, 1.807) is 13.0 Å². The maximum Gasteiger partial charge on any atom is 0.255 e. The summed E-state index contributed by atoms with van der Waals surface area (Å²) in [4.78, 5) is 11.9. The predicted octanol–water partition coefficient (Wildman–Crippen LogP) is 0.843. The summed E-state index contributed by atoms with van der Waals surface area (Å²) in [6, 6.07) is 1.24. The van der Waals surface area contributed by atoms with Gasteiger partial charge in [0.1, 0.15) is 12.0 Å². The molecule has 0 aromatic carbocycles. The number of amidine groups is 1. The van der Waals surface area contributed by atoms with E-state index in [2.05, 4.69) is 10.5 Å². The van der Waals surface area contributed by atoms with Crippen molar-refractivity contribution in [1.82, 2.24) is 5.32 Å². The van der Waals surface area contributed by atoms with Crippen LogP contribution in [0.3, 0.4) is 0 Å². The molecule has 0 bridgehead atoms. The number of hydrogen-bond donors (Lipinski definition) is 3. The fourth-order valence-corrected chi connectivity index (χ4v) is 1.71. The van der Waals surface area contributed by atoms with Crippen LogP contribution in [-0.2, 0) is 0 Å². The van der Waals surface area contributed by atoms with Gasteiger partial charge in [0.05, 0.1) is 11.6 Å². The first-order valence-corrected chi connectivity index (χ1v) is 5.45. The number of nitrogens with zero attached hydrogens (tertiary/aromatic N) is 1. The third-order valence-corrected chi connectivity index (χ3v) is 2.81. The van der Waals surface area contributed by atoms with E-state index in [-0.39, 0.29) is 17.7 Å². The number of aryl methyl sites for hydroxylation is 1. The molecule has 0 spiro atoms. The summed E-state index contributed by atoms with van der Waals surface area (Å²) in [5, 5.41) is 14.4. The smallest absolute Gasteiger partial charge is 0.255 e. The van der Waals surface area contributed by atoms with Crippen molar-refractivity contribution in [3.8, 4) is 0 Å². The maximum atomic E-state index is 11.9. The zero-order chi connectivity index (χ0) is 12.4. The predicted molar refractivity (Wildman–Crippen MR) is 60.8 cm³/mol. The Morgan fingerprint density at radius 1 is 1.71 bits per heavy atom. The molecule has 0 aliphatic heterocycles. The zero-order valence-corrected chi connectivity index (χ0v) is 9.51. The summed E-state index contributed by atoms with van der Waals surface area (Å²) in [7, 11) is 0. The van der Waals surface area contributed by atoms with Gasteiger partial charge >= 0.3 is 0 Å². The highest BCUT2D eigenvalue weighted by atomic mass is 16.4. The second kappa shape index (κ2) is 4.48. The number of amides is 1. The Morgan fingerprint density at radius 3 is 2.88 bits per heavy atom. The molecule has 1 unspecified atom stereocenters. The van der Waals surface area contributed by atoms with Gasteiger partial charge in [-0.1, -0.05) is 5.16 Å². The Bertz CT molecular complexity index is 449. The average molecular weight is 237 g/mol. The van der Waals surface area contributed by atoms with Crippen LogP contribution in [0.2, 0.25) is 0 Å². The molecule has 1 aromatic rings. The lowest BCUT2D eigenvalue weighted by molar-refractivity contribution is 0.0942. The van der Waals surface area contributed by atoms with Gasteiger partial charge in [-0.15, -0.1) is 0 Å². The summed E-state index contributed by atoms with van der Waals surface area (Å²) in [5.74, 6) is 0.705. The molecule has 1 aliphatic rings. The lowest BCUT2D eigenvalue weighted by atomic mass is 10.1. The molecule has 1 aliphatic carbocycles. The van der Waals surface area contributed by atoms with Crippen molar-refractivity contribution in [3.63, 3.8) is 0 Å². The quantitative estimate of drug-likeness (QED) is 0.312. The number of nitrogens with one attached hydrogen (secondary N) is 1. The lowest BCUT2D eigenvalue weighted by Crippen LogP contribution is -2.46. The van der Waals surface area contributed by atoms with E-state index < -0.39 is 6.04 Å². The molecule has 0 saturated heterocycles. The van der Waals surface area contributed by atoms with Crippen molar-refractivity contribution in [2.75, 3.05) is 0 Å². The fourth-order valence-electron chi connectivity index (χ4n) is 1.71. The molecular formula is C11H15N3O3. The second-order valence-electron chi connectivity index (χ2n) is 4.26. The van der Waals surface area contributed by atoms with Gasteiger partial charge in [0.2, 0.25) is 0 Å². The molecular weight excluding hydrogens is 222 g/mol. The van der Waals surface area contributed by atoms with E-state index >= 15 is 0 Å². The maximum absolute atomic E-state index is 11.9. The number of nitrogens with two attached hydrogens (primary N) is 1. The molecule has 1 atom stereocenters. The van der Waals surface area contributed by atoms with Crippen LogP contribution in [0.15, 0.2) is 21.9 Å². The van der Waals surface area contributed by atoms with Gasteiger partial charge in [-0.05, 0) is 31.7 Å². The SMILES string of the molecule is Cc1cc(C(=O)NC(C(N)=NO)C2CC2)co1. The molecule has 1 aromatic heterocycles. The lowest BCUT2D eigenvalue weighted by Gasteiger charge is -2.15. The molecule has 1 fully saturated rings. The minimum absolute atomic E-state index is 0.0427. The molecule has 17 heavy (non-hydrogen) atoms. The topological polar surface area (TPSA) is 101 Å². The van der Waals surface area contributed by atoms with Gasteiger partial charge in [-0.3, -0.25) is 4.79 Å². The summed E-state index contributed by atoms with van der Waals surface area (Å²) >= 11 is 0. The Balaban J connectivity index is 2.05. The van der Waals surface area contributed by atoms with Crippen LogP contribution in [-0.4, -0.2) is 23.0 Å². The molecule has 2 rings (SSSR count). The number of oxime groups is 1. The highest BCUT2D eigenvalue weighted by Gasteiger charge is 2.35. The minimum atomic E-state index is -0.400. The van der Waals surface area contributed by atoms with Crippen molar-refractivity contribution in [2.24, 2.45) is 16.8 Å². The van der Waals surface area contributed by atoms with E-state index in [4.69, 9.17) is 15.4 Å². The Kier molecular flexibility index (Phi) is 3.03. The normalized spacial score (nSPS) is 17.8. The van der Waals surface area contributed by atoms with Gasteiger partial charge < -0.3 is 20.7 Å². The van der Waals surface area contributed by atoms with Crippen LogP contribution in [0, 0.1) is 12.8 Å². The summed E-state index contributed by atoms with van der Waals surface area (Å²) in [5.41, 5.74) is 5.99. The van der Waals surface area contributed by atoms with E-state index in [0.717, 1.165) is 12.8 Å². The summed E-state index contributed by atoms with van der Waals surface area (Å²) in [6.45, 7) is 1.76. The third kappa shape index (κ3) is 2.58. The monoisotopic (exact) mass is 237 g/mol. The van der Waals surface area contributed by atoms with Gasteiger partial charge in [-0.2, -0.15) is 0 Å². The van der Waals surface area contributed by atoms with Crippen molar-refractivity contribution in [3.05, 3.63) is 23.7 Å². The molecule has 6 heteroatoms. The Morgan fingerprint density at radius 2 is 2.41 bits per heavy atom. The van der Waals surface area contributed by atoms with Gasteiger partial charge in [0.25, 0.3) is 5.91 Å². The first-order chi connectivity index (χ1) is 8.11. The number of carbonyl (C=O) groups is 1. The van der Waals surface area contributed by atoms with E-state index in [9.17, 15) is 4.79 Å². The minimum Gasteiger partial charge on any atom is -0.469 e. The number of furan rings is 1. The third-order valence-electron chi connectivity index (χ3n) is 2.81. The van der Waals surface area contributed by atoms with Crippen LogP contribution in [0.5, 0.6) is 0 Å². The number of carbonyl (C=O) groups excluding carboxylic acids is 1. The van der Waals surface area contributed by atoms with Crippen LogP contribution >= 0.6 is 0 Å².